The number of halogens is 3. The van der Waals surface area contributed by atoms with E-state index in [1.165, 1.54) is 12.1 Å². The molecular formula is C29H25Cl2FN2O3. The van der Waals surface area contributed by atoms with Crippen molar-refractivity contribution in [2.45, 2.75) is 38.6 Å². The van der Waals surface area contributed by atoms with Crippen molar-refractivity contribution in [2.24, 2.45) is 0 Å². The first kappa shape index (κ1) is 26.6. The van der Waals surface area contributed by atoms with Crippen molar-refractivity contribution >= 4 is 46.0 Å². The first-order valence-corrected chi connectivity index (χ1v) is 12.6. The maximum atomic E-state index is 13.5. The molecule has 0 fully saturated rings. The molecule has 0 aliphatic carbocycles. The minimum Gasteiger partial charge on any atom is -0.481 e. The van der Waals surface area contributed by atoms with E-state index in [9.17, 15) is 14.0 Å². The molecular weight excluding hydrogens is 514 g/mol. The molecule has 3 aromatic carbocycles. The molecule has 4 aromatic rings. The Bertz CT molecular complexity index is 1440. The van der Waals surface area contributed by atoms with Crippen LogP contribution in [0.1, 0.15) is 53.7 Å². The van der Waals surface area contributed by atoms with E-state index in [1.54, 1.807) is 48.5 Å². The molecule has 2 N–H and O–H groups in total. The summed E-state index contributed by atoms with van der Waals surface area (Å²) < 4.78 is 13.5. The van der Waals surface area contributed by atoms with E-state index in [-0.39, 0.29) is 24.2 Å². The van der Waals surface area contributed by atoms with Gasteiger partial charge < -0.3 is 10.4 Å². The normalized spacial score (nSPS) is 11.9. The Balaban J connectivity index is 1.63. The SMILES string of the molecule is C[C@H](NC(=O)c1ccc2nc(-c3ccc(F)cc3)c(CCCCC(=O)O)cc2c1)c1cc(Cl)cc(Cl)c1. The van der Waals surface area contributed by atoms with Crippen molar-refractivity contribution in [3.8, 4) is 11.3 Å². The molecule has 1 atom stereocenters. The molecule has 1 heterocycles. The van der Waals surface area contributed by atoms with Gasteiger partial charge in [0.2, 0.25) is 0 Å². The molecule has 0 spiro atoms. The number of hydrogen-bond donors (Lipinski definition) is 2. The van der Waals surface area contributed by atoms with Crippen LogP contribution in [0.2, 0.25) is 10.0 Å². The van der Waals surface area contributed by atoms with Gasteiger partial charge in [-0.3, -0.25) is 9.59 Å². The van der Waals surface area contributed by atoms with Crippen LogP contribution in [-0.4, -0.2) is 22.0 Å². The molecule has 8 heteroatoms. The molecule has 0 saturated carbocycles. The summed E-state index contributed by atoms with van der Waals surface area (Å²) in [7, 11) is 0. The Morgan fingerprint density at radius 3 is 2.35 bits per heavy atom. The highest BCUT2D eigenvalue weighted by molar-refractivity contribution is 6.34. The van der Waals surface area contributed by atoms with E-state index in [1.807, 2.05) is 13.0 Å². The fourth-order valence-electron chi connectivity index (χ4n) is 4.19. The van der Waals surface area contributed by atoms with Gasteiger partial charge in [-0.2, -0.15) is 0 Å². The highest BCUT2D eigenvalue weighted by Gasteiger charge is 2.15. The van der Waals surface area contributed by atoms with Crippen LogP contribution < -0.4 is 5.32 Å². The number of aromatic nitrogens is 1. The van der Waals surface area contributed by atoms with Gasteiger partial charge in [0, 0.05) is 33.0 Å². The van der Waals surface area contributed by atoms with Gasteiger partial charge in [0.25, 0.3) is 5.91 Å². The second-order valence-corrected chi connectivity index (χ2v) is 9.78. The van der Waals surface area contributed by atoms with Crippen LogP contribution in [0.15, 0.2) is 66.7 Å². The summed E-state index contributed by atoms with van der Waals surface area (Å²) in [6.07, 6.45) is 1.89. The fourth-order valence-corrected chi connectivity index (χ4v) is 4.73. The Labute approximate surface area is 224 Å². The summed E-state index contributed by atoms with van der Waals surface area (Å²) in [5, 5.41) is 13.7. The summed E-state index contributed by atoms with van der Waals surface area (Å²) in [6.45, 7) is 1.85. The number of carboxylic acid groups (broad SMARTS) is 1. The van der Waals surface area contributed by atoms with E-state index in [2.05, 4.69) is 5.32 Å². The highest BCUT2D eigenvalue weighted by atomic mass is 35.5. The summed E-state index contributed by atoms with van der Waals surface area (Å²) in [6, 6.07) is 18.2. The summed E-state index contributed by atoms with van der Waals surface area (Å²) in [5.74, 6) is -1.42. The topological polar surface area (TPSA) is 79.3 Å². The van der Waals surface area contributed by atoms with Gasteiger partial charge in [0.15, 0.2) is 0 Å². The van der Waals surface area contributed by atoms with Crippen molar-refractivity contribution in [3.63, 3.8) is 0 Å². The van der Waals surface area contributed by atoms with Crippen LogP contribution in [0.3, 0.4) is 0 Å². The number of aliphatic carboxylic acids is 1. The minimum absolute atomic E-state index is 0.0905. The quantitative estimate of drug-likeness (QED) is 0.214. The van der Waals surface area contributed by atoms with Crippen molar-refractivity contribution in [1.82, 2.24) is 10.3 Å². The first-order chi connectivity index (χ1) is 17.7. The molecule has 0 unspecified atom stereocenters. The zero-order chi connectivity index (χ0) is 26.5. The van der Waals surface area contributed by atoms with Crippen molar-refractivity contribution < 1.29 is 19.1 Å². The van der Waals surface area contributed by atoms with E-state index >= 15 is 0 Å². The van der Waals surface area contributed by atoms with Crippen LogP contribution in [0, 0.1) is 5.82 Å². The van der Waals surface area contributed by atoms with Crippen molar-refractivity contribution in [2.75, 3.05) is 0 Å². The van der Waals surface area contributed by atoms with Crippen molar-refractivity contribution in [3.05, 3.63) is 99.3 Å². The largest absolute Gasteiger partial charge is 0.481 e. The third-order valence-corrected chi connectivity index (χ3v) is 6.53. The average molecular weight is 539 g/mol. The van der Waals surface area contributed by atoms with Crippen LogP contribution in [0.4, 0.5) is 4.39 Å². The number of carboxylic acids is 1. The average Bonchev–Trinajstić information content (AvgIpc) is 2.85. The number of nitrogens with one attached hydrogen (secondary N) is 1. The number of unbranched alkanes of at least 4 members (excludes halogenated alkanes) is 1. The number of aryl methyl sites for hydroxylation is 1. The number of pyridine rings is 1. The number of benzene rings is 3. The lowest BCUT2D eigenvalue weighted by Gasteiger charge is -2.16. The number of carbonyl (C=O) groups is 2. The maximum Gasteiger partial charge on any atom is 0.303 e. The van der Waals surface area contributed by atoms with Crippen LogP contribution >= 0.6 is 23.2 Å². The Hall–Kier alpha value is -3.48. The molecule has 0 radical (unpaired) electrons. The summed E-state index contributed by atoms with van der Waals surface area (Å²) in [5.41, 5.74) is 4.35. The standard InChI is InChI=1S/C29H25Cl2FN2O3/c1-17(21-14-23(30)16-24(31)15-21)33-29(37)20-8-11-26-22(13-20)12-19(4-2-3-5-27(35)36)28(34-26)18-6-9-25(32)10-7-18/h6-17H,2-5H2,1H3,(H,33,37)(H,35,36)/t17-/m0/s1. The number of hydrogen-bond acceptors (Lipinski definition) is 3. The lowest BCUT2D eigenvalue weighted by molar-refractivity contribution is -0.137. The second kappa shape index (κ2) is 11.7. The Morgan fingerprint density at radius 1 is 0.973 bits per heavy atom. The molecule has 1 amide bonds. The van der Waals surface area contributed by atoms with E-state index in [0.29, 0.717) is 46.1 Å². The molecule has 0 saturated heterocycles. The van der Waals surface area contributed by atoms with Gasteiger partial charge >= 0.3 is 5.97 Å². The molecule has 37 heavy (non-hydrogen) atoms. The summed E-state index contributed by atoms with van der Waals surface area (Å²) >= 11 is 12.2. The zero-order valence-corrected chi connectivity index (χ0v) is 21.6. The van der Waals surface area contributed by atoms with Crippen LogP contribution in [0.5, 0.6) is 0 Å². The highest BCUT2D eigenvalue weighted by Crippen LogP contribution is 2.29. The summed E-state index contributed by atoms with van der Waals surface area (Å²) in [4.78, 5) is 28.8. The van der Waals surface area contributed by atoms with Gasteiger partial charge in [0.05, 0.1) is 17.3 Å². The molecule has 0 aliphatic heterocycles. The predicted octanol–water partition coefficient (Wildman–Crippen LogP) is 7.64. The van der Waals surface area contributed by atoms with Gasteiger partial charge in [-0.05, 0) is 104 Å². The van der Waals surface area contributed by atoms with E-state index < -0.39 is 5.97 Å². The molecule has 4 rings (SSSR count). The number of carbonyl (C=O) groups excluding carboxylic acids is 1. The molecule has 5 nitrogen and oxygen atoms in total. The van der Waals surface area contributed by atoms with Crippen molar-refractivity contribution in [1.29, 1.82) is 0 Å². The first-order valence-electron chi connectivity index (χ1n) is 11.9. The molecule has 1 aromatic heterocycles. The maximum absolute atomic E-state index is 13.5. The van der Waals surface area contributed by atoms with E-state index in [0.717, 1.165) is 22.1 Å². The Morgan fingerprint density at radius 2 is 1.68 bits per heavy atom. The molecule has 0 aliphatic rings. The fraction of sp³-hybridized carbons (Fsp3) is 0.207. The minimum atomic E-state index is -0.833. The zero-order valence-electron chi connectivity index (χ0n) is 20.1. The van der Waals surface area contributed by atoms with Gasteiger partial charge in [-0.15, -0.1) is 0 Å². The second-order valence-electron chi connectivity index (χ2n) is 8.91. The van der Waals surface area contributed by atoms with Gasteiger partial charge in [-0.25, -0.2) is 9.37 Å². The lowest BCUT2D eigenvalue weighted by Crippen LogP contribution is -2.26. The van der Waals surface area contributed by atoms with Crippen LogP contribution in [0.25, 0.3) is 22.2 Å². The monoisotopic (exact) mass is 538 g/mol. The van der Waals surface area contributed by atoms with Gasteiger partial charge in [0.1, 0.15) is 5.82 Å². The third-order valence-electron chi connectivity index (χ3n) is 6.09. The van der Waals surface area contributed by atoms with Crippen LogP contribution in [-0.2, 0) is 11.2 Å². The number of fused-ring (bicyclic) bond motifs is 1. The molecule has 190 valence electrons. The lowest BCUT2D eigenvalue weighted by atomic mass is 9.98. The number of nitrogens with zero attached hydrogens (tertiary/aromatic N) is 1. The smallest absolute Gasteiger partial charge is 0.303 e. The van der Waals surface area contributed by atoms with E-state index in [4.69, 9.17) is 33.3 Å². The number of rotatable bonds is 9. The molecule has 0 bridgehead atoms. The Kier molecular flexibility index (Phi) is 8.41. The van der Waals surface area contributed by atoms with Gasteiger partial charge in [-0.1, -0.05) is 23.2 Å². The predicted molar refractivity (Wildman–Crippen MR) is 145 cm³/mol. The number of amides is 1. The third kappa shape index (κ3) is 6.85.